The van der Waals surface area contributed by atoms with Gasteiger partial charge in [-0.1, -0.05) is 0 Å². The monoisotopic (exact) mass is 294 g/mol. The lowest BCUT2D eigenvalue weighted by atomic mass is 9.91. The minimum absolute atomic E-state index is 0.152. The highest BCUT2D eigenvalue weighted by molar-refractivity contribution is 7.86. The Bertz CT molecular complexity index is 832. The van der Waals surface area contributed by atoms with Gasteiger partial charge in [-0.05, 0) is 43.4 Å². The van der Waals surface area contributed by atoms with Crippen LogP contribution in [0.25, 0.3) is 11.0 Å². The van der Waals surface area contributed by atoms with E-state index in [1.165, 1.54) is 6.07 Å². The van der Waals surface area contributed by atoms with Crippen molar-refractivity contribution in [3.63, 3.8) is 0 Å². The summed E-state index contributed by atoms with van der Waals surface area (Å²) in [7, 11) is -3.59. The molecule has 0 radical (unpaired) electrons. The largest absolute Gasteiger partial charge is 0.422 e. The van der Waals surface area contributed by atoms with Crippen LogP contribution < -0.4 is 9.81 Å². The number of rotatable bonds is 2. The van der Waals surface area contributed by atoms with E-state index in [9.17, 15) is 13.2 Å². The van der Waals surface area contributed by atoms with E-state index in [0.29, 0.717) is 5.58 Å². The van der Waals surface area contributed by atoms with Crippen LogP contribution in [-0.4, -0.2) is 14.7 Å². The van der Waals surface area contributed by atoms with Crippen molar-refractivity contribution in [3.05, 3.63) is 39.7 Å². The highest BCUT2D eigenvalue weighted by Gasteiger charge is 2.18. The molecule has 106 valence electrons. The summed E-state index contributed by atoms with van der Waals surface area (Å²) in [6.07, 6.45) is 4.62. The number of fused-ring (bicyclic) bond motifs is 3. The smallest absolute Gasteiger partial charge is 0.339 e. The van der Waals surface area contributed by atoms with E-state index in [2.05, 4.69) is 0 Å². The summed E-state index contributed by atoms with van der Waals surface area (Å²) < 4.78 is 32.3. The molecule has 3 rings (SSSR count). The topological polar surface area (TPSA) is 73.6 Å². The first-order chi connectivity index (χ1) is 9.44. The maximum atomic E-state index is 11.9. The zero-order valence-electron chi connectivity index (χ0n) is 11.0. The molecule has 0 unspecified atom stereocenters. The summed E-state index contributed by atoms with van der Waals surface area (Å²) in [5.41, 5.74) is 1.81. The van der Waals surface area contributed by atoms with E-state index < -0.39 is 10.1 Å². The van der Waals surface area contributed by atoms with E-state index >= 15 is 0 Å². The third-order valence-electron chi connectivity index (χ3n) is 3.44. The molecule has 1 aromatic carbocycles. The van der Waals surface area contributed by atoms with Gasteiger partial charge in [-0.2, -0.15) is 8.42 Å². The standard InChI is InChI=1S/C14H14O5S/c1-20(16,17)19-9-6-7-11-10-4-2-3-5-12(10)14(15)18-13(11)8-9/h6-8H,2-5H2,1H3. The first-order valence-electron chi connectivity index (χ1n) is 6.42. The number of hydrogen-bond donors (Lipinski definition) is 0. The molecule has 0 saturated carbocycles. The molecule has 1 aliphatic carbocycles. The third-order valence-corrected chi connectivity index (χ3v) is 3.94. The van der Waals surface area contributed by atoms with Crippen molar-refractivity contribution >= 4 is 21.1 Å². The molecule has 5 nitrogen and oxygen atoms in total. The Balaban J connectivity index is 2.19. The van der Waals surface area contributed by atoms with Gasteiger partial charge in [0.2, 0.25) is 0 Å². The highest BCUT2D eigenvalue weighted by atomic mass is 32.2. The molecular formula is C14H14O5S. The van der Waals surface area contributed by atoms with E-state index in [4.69, 9.17) is 8.60 Å². The minimum Gasteiger partial charge on any atom is -0.422 e. The molecule has 0 bridgehead atoms. The molecule has 2 aromatic rings. The van der Waals surface area contributed by atoms with Gasteiger partial charge in [0.05, 0.1) is 6.26 Å². The second-order valence-corrected chi connectivity index (χ2v) is 6.57. The lowest BCUT2D eigenvalue weighted by Crippen LogP contribution is -2.15. The van der Waals surface area contributed by atoms with Crippen LogP contribution in [0.2, 0.25) is 0 Å². The average molecular weight is 294 g/mol. The first kappa shape index (κ1) is 13.2. The van der Waals surface area contributed by atoms with Crippen molar-refractivity contribution in [1.82, 2.24) is 0 Å². The van der Waals surface area contributed by atoms with Crippen LogP contribution in [0.5, 0.6) is 5.75 Å². The fraction of sp³-hybridized carbons (Fsp3) is 0.357. The Hall–Kier alpha value is -1.82. The quantitative estimate of drug-likeness (QED) is 0.625. The van der Waals surface area contributed by atoms with Gasteiger partial charge in [-0.3, -0.25) is 0 Å². The summed E-state index contributed by atoms with van der Waals surface area (Å²) in [5.74, 6) is 0.152. The fourth-order valence-corrected chi connectivity index (χ4v) is 3.11. The molecule has 1 aliphatic rings. The van der Waals surface area contributed by atoms with Gasteiger partial charge < -0.3 is 8.60 Å². The van der Waals surface area contributed by atoms with Crippen molar-refractivity contribution in [1.29, 1.82) is 0 Å². The van der Waals surface area contributed by atoms with Crippen LogP contribution in [0.4, 0.5) is 0 Å². The van der Waals surface area contributed by atoms with E-state index in [-0.39, 0.29) is 11.4 Å². The molecule has 1 heterocycles. The van der Waals surface area contributed by atoms with Gasteiger partial charge in [-0.25, -0.2) is 4.79 Å². The van der Waals surface area contributed by atoms with Crippen LogP contribution in [0.3, 0.4) is 0 Å². The van der Waals surface area contributed by atoms with Crippen LogP contribution >= 0.6 is 0 Å². The summed E-state index contributed by atoms with van der Waals surface area (Å²) >= 11 is 0. The normalized spacial score (nSPS) is 15.1. The predicted molar refractivity (Wildman–Crippen MR) is 74.6 cm³/mol. The Morgan fingerprint density at radius 2 is 1.85 bits per heavy atom. The summed E-state index contributed by atoms with van der Waals surface area (Å²) in [4.78, 5) is 11.9. The Labute approximate surface area is 116 Å². The van der Waals surface area contributed by atoms with Crippen LogP contribution in [0, 0.1) is 0 Å². The molecule has 0 amide bonds. The Morgan fingerprint density at radius 3 is 2.55 bits per heavy atom. The molecule has 20 heavy (non-hydrogen) atoms. The van der Waals surface area contributed by atoms with Crippen LogP contribution in [-0.2, 0) is 23.0 Å². The SMILES string of the molecule is CS(=O)(=O)Oc1ccc2c3c(c(=O)oc2c1)CCCC3. The average Bonchev–Trinajstić information content (AvgIpc) is 2.37. The molecule has 0 atom stereocenters. The van der Waals surface area contributed by atoms with Gasteiger partial charge >= 0.3 is 15.7 Å². The molecule has 6 heteroatoms. The van der Waals surface area contributed by atoms with E-state index in [1.54, 1.807) is 12.1 Å². The lowest BCUT2D eigenvalue weighted by molar-refractivity contribution is 0.491. The Kier molecular flexibility index (Phi) is 3.05. The van der Waals surface area contributed by atoms with E-state index in [1.807, 2.05) is 0 Å². The van der Waals surface area contributed by atoms with Crippen LogP contribution in [0.1, 0.15) is 24.0 Å². The van der Waals surface area contributed by atoms with Crippen molar-refractivity contribution in [3.8, 4) is 5.75 Å². The van der Waals surface area contributed by atoms with Crippen molar-refractivity contribution in [2.75, 3.05) is 6.26 Å². The fourth-order valence-electron chi connectivity index (χ4n) is 2.65. The van der Waals surface area contributed by atoms with Gasteiger partial charge in [0.25, 0.3) is 0 Å². The zero-order chi connectivity index (χ0) is 14.3. The third kappa shape index (κ3) is 2.43. The molecule has 0 fully saturated rings. The molecule has 0 saturated heterocycles. The van der Waals surface area contributed by atoms with Gasteiger partial charge in [0.1, 0.15) is 11.3 Å². The van der Waals surface area contributed by atoms with Gasteiger partial charge in [-0.15, -0.1) is 0 Å². The van der Waals surface area contributed by atoms with E-state index in [0.717, 1.165) is 48.5 Å². The lowest BCUT2D eigenvalue weighted by Gasteiger charge is -2.16. The second-order valence-electron chi connectivity index (χ2n) is 5.00. The predicted octanol–water partition coefficient (Wildman–Crippen LogP) is 2.01. The van der Waals surface area contributed by atoms with Crippen molar-refractivity contribution in [2.24, 2.45) is 0 Å². The molecule has 0 N–H and O–H groups in total. The number of aryl methyl sites for hydroxylation is 1. The summed E-state index contributed by atoms with van der Waals surface area (Å²) in [5, 5.41) is 0.861. The highest BCUT2D eigenvalue weighted by Crippen LogP contribution is 2.29. The Morgan fingerprint density at radius 1 is 1.15 bits per heavy atom. The molecule has 1 aromatic heterocycles. The maximum absolute atomic E-state index is 11.9. The minimum atomic E-state index is -3.59. The van der Waals surface area contributed by atoms with Gasteiger partial charge in [0.15, 0.2) is 0 Å². The van der Waals surface area contributed by atoms with Crippen LogP contribution in [0.15, 0.2) is 27.4 Å². The molecule has 0 aliphatic heterocycles. The second kappa shape index (κ2) is 4.63. The zero-order valence-corrected chi connectivity index (χ0v) is 11.8. The number of benzene rings is 1. The first-order valence-corrected chi connectivity index (χ1v) is 8.24. The number of hydrogen-bond acceptors (Lipinski definition) is 5. The summed E-state index contributed by atoms with van der Waals surface area (Å²) in [6, 6.07) is 4.79. The summed E-state index contributed by atoms with van der Waals surface area (Å²) in [6.45, 7) is 0. The van der Waals surface area contributed by atoms with Crippen molar-refractivity contribution in [2.45, 2.75) is 25.7 Å². The molecular weight excluding hydrogens is 280 g/mol. The van der Waals surface area contributed by atoms with Gasteiger partial charge in [0, 0.05) is 17.0 Å². The maximum Gasteiger partial charge on any atom is 0.339 e. The van der Waals surface area contributed by atoms with Crippen molar-refractivity contribution < 1.29 is 17.0 Å². The molecule has 0 spiro atoms.